The minimum absolute atomic E-state index is 0.00474. The van der Waals surface area contributed by atoms with Crippen LogP contribution in [0.15, 0.2) is 82.1 Å². The Kier molecular flexibility index (Phi) is 7.04. The van der Waals surface area contributed by atoms with Crippen LogP contribution >= 0.6 is 0 Å². The fourth-order valence-electron chi connectivity index (χ4n) is 5.79. The molecule has 9 heteroatoms. The molecule has 3 aromatic carbocycles. The molecule has 3 aromatic rings. The predicted octanol–water partition coefficient (Wildman–Crippen LogP) is 5.62. The first kappa shape index (κ1) is 25.8. The molecule has 1 fully saturated rings. The first-order valence-corrected chi connectivity index (χ1v) is 13.8. The summed E-state index contributed by atoms with van der Waals surface area (Å²) in [5.41, 5.74) is 5.00. The van der Waals surface area contributed by atoms with Gasteiger partial charge in [-0.05, 0) is 78.1 Å². The summed E-state index contributed by atoms with van der Waals surface area (Å²) < 4.78 is 62.3. The van der Waals surface area contributed by atoms with Crippen molar-refractivity contribution in [2.45, 2.75) is 55.0 Å². The largest absolute Gasteiger partial charge is 0.573 e. The number of aryl methyl sites for hydroxylation is 2. The van der Waals surface area contributed by atoms with Gasteiger partial charge in [0.1, 0.15) is 15.7 Å². The lowest BCUT2D eigenvalue weighted by atomic mass is 9.77. The van der Waals surface area contributed by atoms with Gasteiger partial charge in [0.25, 0.3) is 0 Å². The second-order valence-electron chi connectivity index (χ2n) is 9.56. The molecule has 5 nitrogen and oxygen atoms in total. The molecule has 4 unspecified atom stereocenters. The van der Waals surface area contributed by atoms with Crippen molar-refractivity contribution in [3.63, 3.8) is 0 Å². The van der Waals surface area contributed by atoms with E-state index < -0.39 is 34.2 Å². The maximum atomic E-state index is 13.7. The third-order valence-electron chi connectivity index (χ3n) is 7.48. The van der Waals surface area contributed by atoms with Crippen molar-refractivity contribution in [1.82, 2.24) is 4.72 Å². The van der Waals surface area contributed by atoms with Crippen LogP contribution in [-0.2, 0) is 22.8 Å². The lowest BCUT2D eigenvalue weighted by Crippen LogP contribution is -2.42. The Morgan fingerprint density at radius 1 is 0.919 bits per heavy atom. The number of hydrogen-bond acceptors (Lipinski definition) is 4. The number of hydrogen-bond donors (Lipinski definition) is 2. The number of ether oxygens (including phenoxy) is 1. The normalized spacial score (nSPS) is 23.4. The predicted molar refractivity (Wildman–Crippen MR) is 136 cm³/mol. The number of aliphatic hydroxyl groups excluding tert-OH is 1. The summed E-state index contributed by atoms with van der Waals surface area (Å²) in [5, 5.41) is 11.5. The Morgan fingerprint density at radius 2 is 1.49 bits per heavy atom. The molecule has 196 valence electrons. The van der Waals surface area contributed by atoms with Crippen molar-refractivity contribution >= 4 is 9.92 Å². The lowest BCUT2D eigenvalue weighted by molar-refractivity contribution is -0.274. The number of fused-ring (bicyclic) bond motifs is 2. The summed E-state index contributed by atoms with van der Waals surface area (Å²) in [5.74, 6) is -0.494. The molecular formula is C28H29F3N2O3S. The highest BCUT2D eigenvalue weighted by molar-refractivity contribution is 7.91. The zero-order valence-electron chi connectivity index (χ0n) is 20.3. The fraction of sp³-hybridized carbons (Fsp3) is 0.357. The van der Waals surface area contributed by atoms with Crippen LogP contribution in [-0.4, -0.2) is 34.9 Å². The van der Waals surface area contributed by atoms with E-state index in [1.165, 1.54) is 41.4 Å². The van der Waals surface area contributed by atoms with E-state index in [9.17, 15) is 22.5 Å². The number of rotatable bonds is 5. The van der Waals surface area contributed by atoms with Gasteiger partial charge in [0, 0.05) is 19.0 Å². The smallest absolute Gasteiger partial charge is 0.406 e. The van der Waals surface area contributed by atoms with E-state index in [4.69, 9.17) is 0 Å². The third-order valence-corrected chi connectivity index (χ3v) is 9.53. The van der Waals surface area contributed by atoms with Crippen molar-refractivity contribution in [3.8, 4) is 5.75 Å². The zero-order chi connectivity index (χ0) is 26.2. The van der Waals surface area contributed by atoms with Crippen LogP contribution in [0.25, 0.3) is 0 Å². The molecule has 1 saturated carbocycles. The molecule has 0 spiro atoms. The summed E-state index contributed by atoms with van der Waals surface area (Å²) in [6.07, 6.45) is -2.41. The van der Waals surface area contributed by atoms with Gasteiger partial charge in [-0.1, -0.05) is 48.5 Å². The van der Waals surface area contributed by atoms with Crippen LogP contribution in [0.5, 0.6) is 5.75 Å². The first-order valence-electron chi connectivity index (χ1n) is 12.3. The van der Waals surface area contributed by atoms with Crippen LogP contribution in [0.3, 0.4) is 0 Å². The molecule has 0 aromatic heterocycles. The number of aliphatic hydroxyl groups is 1. The fourth-order valence-corrected chi connectivity index (χ4v) is 7.42. The van der Waals surface area contributed by atoms with E-state index in [-0.39, 0.29) is 16.7 Å². The monoisotopic (exact) mass is 530 g/mol. The van der Waals surface area contributed by atoms with E-state index in [1.54, 1.807) is 0 Å². The quantitative estimate of drug-likeness (QED) is 0.450. The van der Waals surface area contributed by atoms with Crippen molar-refractivity contribution in [3.05, 3.63) is 95.1 Å². The van der Waals surface area contributed by atoms with Gasteiger partial charge in [-0.15, -0.1) is 13.2 Å². The maximum absolute atomic E-state index is 13.7. The summed E-state index contributed by atoms with van der Waals surface area (Å²) in [4.78, 5) is 0.227. The molecule has 0 aliphatic heterocycles. The van der Waals surface area contributed by atoms with Gasteiger partial charge >= 0.3 is 6.36 Å². The third kappa shape index (κ3) is 5.26. The van der Waals surface area contributed by atoms with Gasteiger partial charge in [0.2, 0.25) is 0 Å². The summed E-state index contributed by atoms with van der Waals surface area (Å²) >= 11 is 0. The molecule has 2 aliphatic carbocycles. The van der Waals surface area contributed by atoms with Crippen LogP contribution in [0.1, 0.15) is 41.0 Å². The molecule has 37 heavy (non-hydrogen) atoms. The van der Waals surface area contributed by atoms with E-state index in [0.717, 1.165) is 31.4 Å². The van der Waals surface area contributed by atoms with Crippen molar-refractivity contribution in [1.29, 1.82) is 0 Å². The first-order chi connectivity index (χ1) is 17.7. The topological polar surface area (TPSA) is 70.9 Å². The average Bonchev–Trinajstić information content (AvgIpc) is 3.13. The van der Waals surface area contributed by atoms with E-state index in [2.05, 4.69) is 38.1 Å². The molecule has 0 saturated heterocycles. The van der Waals surface area contributed by atoms with E-state index in [1.807, 2.05) is 24.3 Å². The molecule has 5 rings (SSSR count). The standard InChI is InChI=1S/C28H29F3N2O3S/c1-32-37(35,21-14-12-20(13-15-21)36-28(29,30)31)33-25-17-16-24(27(25)34)26-22-8-4-2-6-18(22)10-11-19-7-3-5-9-23(19)26/h2-9,12-15,24-27,34H,10-11,16-17H2,1H3,(H,32,33,35). The zero-order valence-corrected chi connectivity index (χ0v) is 21.1. The van der Waals surface area contributed by atoms with Crippen LogP contribution < -0.4 is 9.46 Å². The van der Waals surface area contributed by atoms with Crippen LogP contribution in [0.2, 0.25) is 0 Å². The van der Waals surface area contributed by atoms with Gasteiger partial charge in [-0.3, -0.25) is 0 Å². The maximum Gasteiger partial charge on any atom is 0.573 e. The minimum atomic E-state index is -4.81. The van der Waals surface area contributed by atoms with E-state index >= 15 is 0 Å². The number of halogens is 3. The second-order valence-corrected chi connectivity index (χ2v) is 11.7. The highest BCUT2D eigenvalue weighted by atomic mass is 32.2. The Bertz CT molecular complexity index is 1340. The highest BCUT2D eigenvalue weighted by Crippen LogP contribution is 2.46. The Labute approximate surface area is 215 Å². The SMILES string of the molecule is CN=S(=O)(NC1CCC(C2c3ccccc3CCc3ccccc32)C1O)c1ccc(OC(F)(F)F)cc1. The van der Waals surface area contributed by atoms with Gasteiger partial charge in [-0.2, -0.15) is 0 Å². The van der Waals surface area contributed by atoms with Crippen molar-refractivity contribution in [2.75, 3.05) is 7.05 Å². The number of benzene rings is 3. The van der Waals surface area contributed by atoms with Gasteiger partial charge in [0.05, 0.1) is 11.0 Å². The van der Waals surface area contributed by atoms with Crippen molar-refractivity contribution in [2.24, 2.45) is 10.3 Å². The summed E-state index contributed by atoms with van der Waals surface area (Å²) in [6.45, 7) is 0. The van der Waals surface area contributed by atoms with Gasteiger partial charge < -0.3 is 9.84 Å². The van der Waals surface area contributed by atoms with Crippen LogP contribution in [0.4, 0.5) is 13.2 Å². The minimum Gasteiger partial charge on any atom is -0.406 e. The molecular weight excluding hydrogens is 501 g/mol. The molecule has 0 radical (unpaired) electrons. The number of nitrogens with zero attached hydrogens (tertiary/aromatic N) is 1. The molecule has 0 heterocycles. The molecule has 2 aliphatic rings. The number of alkyl halides is 3. The Morgan fingerprint density at radius 3 is 2.03 bits per heavy atom. The van der Waals surface area contributed by atoms with Gasteiger partial charge in [0.15, 0.2) is 0 Å². The summed E-state index contributed by atoms with van der Waals surface area (Å²) in [7, 11) is -1.79. The lowest BCUT2D eigenvalue weighted by Gasteiger charge is -2.30. The summed E-state index contributed by atoms with van der Waals surface area (Å²) in [6, 6.07) is 21.1. The highest BCUT2D eigenvalue weighted by Gasteiger charge is 2.43. The molecule has 2 N–H and O–H groups in total. The van der Waals surface area contributed by atoms with E-state index in [0.29, 0.717) is 6.42 Å². The Hall–Kier alpha value is -2.88. The Balaban J connectivity index is 1.41. The average molecular weight is 531 g/mol. The van der Waals surface area contributed by atoms with Crippen LogP contribution in [0, 0.1) is 5.92 Å². The molecule has 0 bridgehead atoms. The van der Waals surface area contributed by atoms with Crippen molar-refractivity contribution < 1.29 is 27.2 Å². The number of nitrogens with one attached hydrogen (secondary N) is 1. The second kappa shape index (κ2) is 10.1. The molecule has 4 atom stereocenters. The van der Waals surface area contributed by atoms with Gasteiger partial charge in [-0.25, -0.2) is 13.3 Å². The molecule has 0 amide bonds.